The molecule has 2 N–H and O–H groups in total. The highest BCUT2D eigenvalue weighted by Gasteiger charge is 2.19. The lowest BCUT2D eigenvalue weighted by Gasteiger charge is -2.25. The van der Waals surface area contributed by atoms with Gasteiger partial charge in [0.2, 0.25) is 5.89 Å². The molecule has 96 valence electrons. The molecule has 1 atom stereocenters. The minimum absolute atomic E-state index is 0.195. The van der Waals surface area contributed by atoms with E-state index in [4.69, 9.17) is 10.2 Å². The van der Waals surface area contributed by atoms with Crippen LogP contribution in [0.1, 0.15) is 51.0 Å². The second-order valence-electron chi connectivity index (χ2n) is 5.10. The molecule has 1 aromatic rings. The molecule has 1 aliphatic rings. The number of hydrogen-bond acceptors (Lipinski definition) is 5. The maximum Gasteiger partial charge on any atom is 0.317 e. The molecule has 17 heavy (non-hydrogen) atoms. The van der Waals surface area contributed by atoms with Crippen molar-refractivity contribution in [2.24, 2.45) is 11.7 Å². The quantitative estimate of drug-likeness (QED) is 0.870. The summed E-state index contributed by atoms with van der Waals surface area (Å²) in [6, 6.07) is 0.391. The van der Waals surface area contributed by atoms with Crippen molar-refractivity contribution in [2.75, 3.05) is 18.5 Å². The molecule has 1 aliphatic carbocycles. The topological polar surface area (TPSA) is 68.2 Å². The summed E-state index contributed by atoms with van der Waals surface area (Å²) in [6.45, 7) is 2.85. The van der Waals surface area contributed by atoms with Gasteiger partial charge in [-0.15, -0.1) is 5.10 Å². The van der Waals surface area contributed by atoms with E-state index in [1.54, 1.807) is 0 Å². The monoisotopic (exact) mass is 238 g/mol. The Kier molecular flexibility index (Phi) is 3.99. The maximum atomic E-state index is 5.70. The molecule has 2 rings (SSSR count). The number of rotatable bonds is 4. The minimum Gasteiger partial charge on any atom is -0.406 e. The first kappa shape index (κ1) is 12.4. The van der Waals surface area contributed by atoms with Gasteiger partial charge in [0.05, 0.1) is 6.04 Å². The molecule has 0 radical (unpaired) electrons. The van der Waals surface area contributed by atoms with Gasteiger partial charge < -0.3 is 15.1 Å². The number of nitrogens with two attached hydrogens (primary N) is 1. The van der Waals surface area contributed by atoms with E-state index in [-0.39, 0.29) is 6.04 Å². The van der Waals surface area contributed by atoms with Crippen LogP contribution in [-0.4, -0.2) is 23.8 Å². The molecule has 0 bridgehead atoms. The fourth-order valence-corrected chi connectivity index (χ4v) is 2.40. The molecule has 1 fully saturated rings. The Morgan fingerprint density at radius 1 is 1.35 bits per heavy atom. The van der Waals surface area contributed by atoms with Crippen molar-refractivity contribution < 1.29 is 4.42 Å². The van der Waals surface area contributed by atoms with E-state index in [1.165, 1.54) is 32.1 Å². The second-order valence-corrected chi connectivity index (χ2v) is 5.10. The molecule has 1 heterocycles. The Balaban J connectivity index is 1.91. The van der Waals surface area contributed by atoms with Crippen molar-refractivity contribution >= 4 is 6.01 Å². The Morgan fingerprint density at radius 3 is 2.65 bits per heavy atom. The second kappa shape index (κ2) is 5.49. The third-order valence-corrected chi connectivity index (χ3v) is 3.40. The van der Waals surface area contributed by atoms with E-state index < -0.39 is 0 Å². The van der Waals surface area contributed by atoms with Crippen LogP contribution in [0.25, 0.3) is 0 Å². The molecule has 0 spiro atoms. The third-order valence-electron chi connectivity index (χ3n) is 3.40. The minimum atomic E-state index is -0.195. The smallest absolute Gasteiger partial charge is 0.317 e. The van der Waals surface area contributed by atoms with Gasteiger partial charge in [-0.3, -0.25) is 0 Å². The fraction of sp³-hybridized carbons (Fsp3) is 0.833. The molecular weight excluding hydrogens is 216 g/mol. The molecule has 5 heteroatoms. The molecule has 0 saturated heterocycles. The van der Waals surface area contributed by atoms with Gasteiger partial charge in [-0.2, -0.15) is 0 Å². The summed E-state index contributed by atoms with van der Waals surface area (Å²) < 4.78 is 5.53. The van der Waals surface area contributed by atoms with E-state index in [1.807, 2.05) is 14.0 Å². The molecule has 1 aromatic heterocycles. The lowest BCUT2D eigenvalue weighted by atomic mass is 9.89. The molecule has 0 aromatic carbocycles. The van der Waals surface area contributed by atoms with E-state index in [0.717, 1.165) is 12.5 Å². The van der Waals surface area contributed by atoms with Crippen molar-refractivity contribution in [3.63, 3.8) is 0 Å². The average molecular weight is 238 g/mol. The van der Waals surface area contributed by atoms with Crippen LogP contribution in [0.2, 0.25) is 0 Å². The van der Waals surface area contributed by atoms with Crippen LogP contribution in [0.4, 0.5) is 6.01 Å². The van der Waals surface area contributed by atoms with Gasteiger partial charge in [-0.25, -0.2) is 0 Å². The highest BCUT2D eigenvalue weighted by atomic mass is 16.4. The molecular formula is C12H22N4O. The highest BCUT2D eigenvalue weighted by molar-refractivity contribution is 5.22. The van der Waals surface area contributed by atoms with Crippen molar-refractivity contribution in [2.45, 2.75) is 45.1 Å². The van der Waals surface area contributed by atoms with E-state index in [2.05, 4.69) is 15.1 Å². The predicted molar refractivity (Wildman–Crippen MR) is 66.7 cm³/mol. The number of aromatic nitrogens is 2. The summed E-state index contributed by atoms with van der Waals surface area (Å²) in [7, 11) is 2.01. The molecule has 0 amide bonds. The van der Waals surface area contributed by atoms with Gasteiger partial charge in [-0.1, -0.05) is 24.4 Å². The van der Waals surface area contributed by atoms with Gasteiger partial charge in [0.15, 0.2) is 0 Å². The first-order valence-corrected chi connectivity index (χ1v) is 6.47. The van der Waals surface area contributed by atoms with E-state index in [9.17, 15) is 0 Å². The van der Waals surface area contributed by atoms with Crippen molar-refractivity contribution in [3.8, 4) is 0 Å². The summed E-state index contributed by atoms with van der Waals surface area (Å²) in [5.74, 6) is 1.27. The van der Waals surface area contributed by atoms with Crippen LogP contribution < -0.4 is 10.6 Å². The van der Waals surface area contributed by atoms with Crippen molar-refractivity contribution in [3.05, 3.63) is 5.89 Å². The van der Waals surface area contributed by atoms with Gasteiger partial charge in [-0.05, 0) is 25.7 Å². The van der Waals surface area contributed by atoms with Crippen LogP contribution in [0.15, 0.2) is 4.42 Å². The SMILES string of the molecule is CC(N)c1nnc(N(C)CC2CCCCC2)o1. The lowest BCUT2D eigenvalue weighted by molar-refractivity contribution is 0.354. The zero-order chi connectivity index (χ0) is 12.3. The molecule has 1 unspecified atom stereocenters. The summed E-state index contributed by atoms with van der Waals surface area (Å²) in [4.78, 5) is 2.05. The zero-order valence-corrected chi connectivity index (χ0v) is 10.7. The predicted octanol–water partition coefficient (Wildman–Crippen LogP) is 2.11. The maximum absolute atomic E-state index is 5.70. The van der Waals surface area contributed by atoms with E-state index >= 15 is 0 Å². The van der Waals surface area contributed by atoms with Crippen LogP contribution in [0.3, 0.4) is 0 Å². The van der Waals surface area contributed by atoms with Crippen molar-refractivity contribution in [1.29, 1.82) is 0 Å². The van der Waals surface area contributed by atoms with E-state index in [0.29, 0.717) is 11.9 Å². The Labute approximate surface area is 102 Å². The molecule has 0 aliphatic heterocycles. The Morgan fingerprint density at radius 2 is 2.06 bits per heavy atom. The van der Waals surface area contributed by atoms with Crippen LogP contribution in [0.5, 0.6) is 0 Å². The summed E-state index contributed by atoms with van der Waals surface area (Å²) in [6.07, 6.45) is 6.73. The number of hydrogen-bond donors (Lipinski definition) is 1. The highest BCUT2D eigenvalue weighted by Crippen LogP contribution is 2.25. The van der Waals surface area contributed by atoms with Gasteiger partial charge in [0.25, 0.3) is 0 Å². The lowest BCUT2D eigenvalue weighted by Crippen LogP contribution is -2.27. The summed E-state index contributed by atoms with van der Waals surface area (Å²) in [5.41, 5.74) is 5.70. The van der Waals surface area contributed by atoms with Crippen molar-refractivity contribution in [1.82, 2.24) is 10.2 Å². The summed E-state index contributed by atoms with van der Waals surface area (Å²) in [5, 5.41) is 7.98. The Bertz CT molecular complexity index is 344. The molecule has 1 saturated carbocycles. The van der Waals surface area contributed by atoms with Gasteiger partial charge >= 0.3 is 6.01 Å². The van der Waals surface area contributed by atoms with Gasteiger partial charge in [0.1, 0.15) is 0 Å². The average Bonchev–Trinajstić information content (AvgIpc) is 2.79. The van der Waals surface area contributed by atoms with Crippen LogP contribution in [0, 0.1) is 5.92 Å². The summed E-state index contributed by atoms with van der Waals surface area (Å²) >= 11 is 0. The first-order chi connectivity index (χ1) is 8.16. The standard InChI is InChI=1S/C12H22N4O/c1-9(13)11-14-15-12(17-11)16(2)8-10-6-4-3-5-7-10/h9-10H,3-8,13H2,1-2H3. The number of nitrogens with zero attached hydrogens (tertiary/aromatic N) is 3. The molecule has 5 nitrogen and oxygen atoms in total. The van der Waals surface area contributed by atoms with Crippen LogP contribution in [-0.2, 0) is 0 Å². The zero-order valence-electron chi connectivity index (χ0n) is 10.7. The Hall–Kier alpha value is -1.10. The number of anilines is 1. The largest absolute Gasteiger partial charge is 0.406 e. The normalized spacial score (nSPS) is 19.2. The van der Waals surface area contributed by atoms with Gasteiger partial charge in [0, 0.05) is 13.6 Å². The fourth-order valence-electron chi connectivity index (χ4n) is 2.40. The third kappa shape index (κ3) is 3.19. The van der Waals surface area contributed by atoms with Crippen LogP contribution >= 0.6 is 0 Å². The first-order valence-electron chi connectivity index (χ1n) is 6.47.